The lowest BCUT2D eigenvalue weighted by Crippen LogP contribution is -2.17. The summed E-state index contributed by atoms with van der Waals surface area (Å²) in [7, 11) is 0. The van der Waals surface area contributed by atoms with Crippen LogP contribution in [0.15, 0.2) is 0 Å². The van der Waals surface area contributed by atoms with Crippen LogP contribution in [-0.4, -0.2) is 24.8 Å². The molecule has 0 aromatic heterocycles. The second kappa shape index (κ2) is 7.43. The molecule has 0 spiro atoms. The van der Waals surface area contributed by atoms with E-state index < -0.39 is 0 Å². The van der Waals surface area contributed by atoms with Crippen molar-refractivity contribution in [3.05, 3.63) is 0 Å². The second-order valence-electron chi connectivity index (χ2n) is 7.16. The van der Waals surface area contributed by atoms with Crippen molar-refractivity contribution >= 4 is 0 Å². The highest BCUT2D eigenvalue weighted by Gasteiger charge is 2.41. The molecule has 2 saturated carbocycles. The minimum absolute atomic E-state index is 0.333. The molecule has 0 radical (unpaired) electrons. The van der Waals surface area contributed by atoms with Crippen molar-refractivity contribution in [1.29, 1.82) is 5.26 Å². The topological polar surface area (TPSA) is 56.0 Å². The molecule has 2 aliphatic carbocycles. The SMILES string of the molecule is N#CCC1(CCCCNCCCCC2(CO)CC2)CC1. The standard InChI is InChI=1S/C17H30N2O/c18-12-11-16(7-8-16)5-1-3-13-19-14-4-2-6-17(15-20)9-10-17/h19-20H,1-11,13-15H2. The lowest BCUT2D eigenvalue weighted by molar-refractivity contribution is 0.200. The molecule has 0 bridgehead atoms. The Morgan fingerprint density at radius 3 is 1.90 bits per heavy atom. The van der Waals surface area contributed by atoms with Crippen molar-refractivity contribution in [2.24, 2.45) is 10.8 Å². The molecule has 3 nitrogen and oxygen atoms in total. The summed E-state index contributed by atoms with van der Waals surface area (Å²) in [5.41, 5.74) is 0.761. The van der Waals surface area contributed by atoms with Gasteiger partial charge in [-0.3, -0.25) is 0 Å². The molecule has 0 unspecified atom stereocenters. The smallest absolute Gasteiger partial charge is 0.0627 e. The number of nitrogens with one attached hydrogen (secondary N) is 1. The van der Waals surface area contributed by atoms with Crippen molar-refractivity contribution in [2.45, 2.75) is 70.6 Å². The molecule has 0 saturated heterocycles. The van der Waals surface area contributed by atoms with Gasteiger partial charge >= 0.3 is 0 Å². The molecular formula is C17H30N2O. The van der Waals surface area contributed by atoms with Crippen LogP contribution in [0.4, 0.5) is 0 Å². The van der Waals surface area contributed by atoms with Gasteiger partial charge in [0.2, 0.25) is 0 Å². The van der Waals surface area contributed by atoms with E-state index in [2.05, 4.69) is 11.4 Å². The normalized spacial score (nSPS) is 21.4. The molecule has 0 amide bonds. The monoisotopic (exact) mass is 278 g/mol. The summed E-state index contributed by atoms with van der Waals surface area (Å²) >= 11 is 0. The molecule has 114 valence electrons. The van der Waals surface area contributed by atoms with Crippen LogP contribution in [-0.2, 0) is 0 Å². The van der Waals surface area contributed by atoms with Crippen LogP contribution < -0.4 is 5.32 Å². The third kappa shape index (κ3) is 5.07. The molecule has 0 aromatic rings. The number of hydrogen-bond acceptors (Lipinski definition) is 3. The molecule has 20 heavy (non-hydrogen) atoms. The highest BCUT2D eigenvalue weighted by molar-refractivity contribution is 4.98. The summed E-state index contributed by atoms with van der Waals surface area (Å²) in [6.07, 6.45) is 13.3. The molecule has 0 atom stereocenters. The van der Waals surface area contributed by atoms with E-state index in [0.717, 1.165) is 19.5 Å². The quantitative estimate of drug-likeness (QED) is 0.538. The van der Waals surface area contributed by atoms with Crippen LogP contribution in [0.25, 0.3) is 0 Å². The third-order valence-corrected chi connectivity index (χ3v) is 5.33. The number of unbranched alkanes of at least 4 members (excludes halogenated alkanes) is 2. The van der Waals surface area contributed by atoms with Gasteiger partial charge in [-0.05, 0) is 75.3 Å². The zero-order chi connectivity index (χ0) is 14.3. The zero-order valence-corrected chi connectivity index (χ0v) is 12.8. The zero-order valence-electron chi connectivity index (χ0n) is 12.8. The fourth-order valence-corrected chi connectivity index (χ4v) is 3.15. The van der Waals surface area contributed by atoms with Gasteiger partial charge < -0.3 is 10.4 Å². The summed E-state index contributed by atoms with van der Waals surface area (Å²) in [5.74, 6) is 0. The first-order chi connectivity index (χ1) is 9.74. The number of rotatable bonds is 12. The van der Waals surface area contributed by atoms with Gasteiger partial charge in [-0.2, -0.15) is 5.26 Å². The summed E-state index contributed by atoms with van der Waals surface area (Å²) in [4.78, 5) is 0. The summed E-state index contributed by atoms with van der Waals surface area (Å²) in [6.45, 7) is 2.63. The first-order valence-corrected chi connectivity index (χ1v) is 8.43. The van der Waals surface area contributed by atoms with Gasteiger partial charge in [-0.1, -0.05) is 12.8 Å². The maximum atomic E-state index is 9.23. The van der Waals surface area contributed by atoms with E-state index >= 15 is 0 Å². The van der Waals surface area contributed by atoms with Crippen LogP contribution in [0.3, 0.4) is 0 Å². The average molecular weight is 278 g/mol. The van der Waals surface area contributed by atoms with E-state index in [1.807, 2.05) is 0 Å². The minimum atomic E-state index is 0.333. The predicted octanol–water partition coefficient (Wildman–Crippen LogP) is 3.38. The Bertz CT molecular complexity index is 326. The Morgan fingerprint density at radius 1 is 0.900 bits per heavy atom. The van der Waals surface area contributed by atoms with Crippen molar-refractivity contribution in [3.8, 4) is 6.07 Å². The number of nitrogens with zero attached hydrogens (tertiary/aromatic N) is 1. The van der Waals surface area contributed by atoms with Gasteiger partial charge in [0.25, 0.3) is 0 Å². The summed E-state index contributed by atoms with van der Waals surface area (Å²) in [6, 6.07) is 2.33. The highest BCUT2D eigenvalue weighted by Crippen LogP contribution is 2.52. The van der Waals surface area contributed by atoms with E-state index in [-0.39, 0.29) is 0 Å². The molecule has 3 heteroatoms. The van der Waals surface area contributed by atoms with E-state index in [9.17, 15) is 5.11 Å². The van der Waals surface area contributed by atoms with Crippen molar-refractivity contribution in [2.75, 3.05) is 19.7 Å². The average Bonchev–Trinajstić information content (AvgIpc) is 3.35. The van der Waals surface area contributed by atoms with Crippen LogP contribution >= 0.6 is 0 Å². The predicted molar refractivity (Wildman–Crippen MR) is 81.2 cm³/mol. The fourth-order valence-electron chi connectivity index (χ4n) is 3.15. The van der Waals surface area contributed by atoms with Gasteiger partial charge in [0.1, 0.15) is 0 Å². The van der Waals surface area contributed by atoms with Crippen molar-refractivity contribution in [1.82, 2.24) is 5.32 Å². The molecule has 0 aromatic carbocycles. The van der Waals surface area contributed by atoms with E-state index in [1.165, 1.54) is 64.2 Å². The Kier molecular flexibility index (Phi) is 5.86. The maximum absolute atomic E-state index is 9.23. The first kappa shape index (κ1) is 15.8. The Hall–Kier alpha value is -0.590. The lowest BCUT2D eigenvalue weighted by Gasteiger charge is -2.12. The van der Waals surface area contributed by atoms with E-state index in [4.69, 9.17) is 5.26 Å². The molecule has 2 N–H and O–H groups in total. The number of nitriles is 1. The molecule has 2 rings (SSSR count). The second-order valence-corrected chi connectivity index (χ2v) is 7.16. The number of hydrogen-bond donors (Lipinski definition) is 2. The van der Waals surface area contributed by atoms with E-state index in [1.54, 1.807) is 0 Å². The lowest BCUT2D eigenvalue weighted by atomic mass is 9.96. The van der Waals surface area contributed by atoms with Crippen LogP contribution in [0.5, 0.6) is 0 Å². The van der Waals surface area contributed by atoms with E-state index in [0.29, 0.717) is 17.4 Å². The Morgan fingerprint density at radius 2 is 1.45 bits per heavy atom. The molecular weight excluding hydrogens is 248 g/mol. The fraction of sp³-hybridized carbons (Fsp3) is 0.941. The Labute approximate surface area is 123 Å². The van der Waals surface area contributed by atoms with Crippen LogP contribution in [0, 0.1) is 22.2 Å². The van der Waals surface area contributed by atoms with Gasteiger partial charge in [-0.25, -0.2) is 0 Å². The molecule has 0 heterocycles. The van der Waals surface area contributed by atoms with Crippen LogP contribution in [0.2, 0.25) is 0 Å². The maximum Gasteiger partial charge on any atom is 0.0627 e. The summed E-state index contributed by atoms with van der Waals surface area (Å²) in [5, 5.41) is 21.5. The number of aliphatic hydroxyl groups excluding tert-OH is 1. The molecule has 2 aliphatic rings. The first-order valence-electron chi connectivity index (χ1n) is 8.43. The van der Waals surface area contributed by atoms with Crippen LogP contribution in [0.1, 0.15) is 70.6 Å². The largest absolute Gasteiger partial charge is 0.396 e. The third-order valence-electron chi connectivity index (χ3n) is 5.33. The highest BCUT2D eigenvalue weighted by atomic mass is 16.3. The van der Waals surface area contributed by atoms with Gasteiger partial charge in [-0.15, -0.1) is 0 Å². The van der Waals surface area contributed by atoms with Crippen molar-refractivity contribution in [3.63, 3.8) is 0 Å². The summed E-state index contributed by atoms with van der Waals surface area (Å²) < 4.78 is 0. The molecule has 0 aliphatic heterocycles. The van der Waals surface area contributed by atoms with Crippen molar-refractivity contribution < 1.29 is 5.11 Å². The molecule has 2 fully saturated rings. The van der Waals surface area contributed by atoms with Gasteiger partial charge in [0.15, 0.2) is 0 Å². The minimum Gasteiger partial charge on any atom is -0.396 e. The Balaban J connectivity index is 1.35. The number of aliphatic hydroxyl groups is 1. The van der Waals surface area contributed by atoms with Gasteiger partial charge in [0.05, 0.1) is 6.07 Å². The van der Waals surface area contributed by atoms with Gasteiger partial charge in [0, 0.05) is 13.0 Å².